The summed E-state index contributed by atoms with van der Waals surface area (Å²) >= 11 is 0. The molecule has 0 aromatic heterocycles. The van der Waals surface area contributed by atoms with E-state index in [0.29, 0.717) is 0 Å². The second kappa shape index (κ2) is 4.37. The van der Waals surface area contributed by atoms with E-state index in [1.54, 1.807) is 13.8 Å². The minimum atomic E-state index is -1.49. The van der Waals surface area contributed by atoms with Crippen molar-refractivity contribution in [2.24, 2.45) is 0 Å². The van der Waals surface area contributed by atoms with E-state index in [1.807, 2.05) is 6.07 Å². The molecule has 7 nitrogen and oxygen atoms in total. The molecule has 1 aliphatic carbocycles. The second-order valence-electron chi connectivity index (χ2n) is 5.96. The molecule has 20 heavy (non-hydrogen) atoms. The van der Waals surface area contributed by atoms with Crippen LogP contribution in [0.25, 0.3) is 0 Å². The van der Waals surface area contributed by atoms with Gasteiger partial charge in [-0.2, -0.15) is 24.8 Å². The Morgan fingerprint density at radius 3 is 2.00 bits per heavy atom. The summed E-state index contributed by atoms with van der Waals surface area (Å²) in [5.74, 6) is -4.95. The lowest BCUT2D eigenvalue weighted by Crippen LogP contribution is -2.54. The second-order valence-corrected chi connectivity index (χ2v) is 5.96. The summed E-state index contributed by atoms with van der Waals surface area (Å²) in [7, 11) is 0. The molecule has 0 amide bonds. The van der Waals surface area contributed by atoms with Crippen LogP contribution >= 0.6 is 0 Å². The first-order valence-electron chi connectivity index (χ1n) is 6.90. The molecule has 3 rings (SSSR count). The van der Waals surface area contributed by atoms with Crippen LogP contribution in [-0.4, -0.2) is 23.1 Å². The Morgan fingerprint density at radius 1 is 0.800 bits per heavy atom. The van der Waals surface area contributed by atoms with Gasteiger partial charge in [-0.3, -0.25) is 4.74 Å². The molecule has 3 atom stereocenters. The van der Waals surface area contributed by atoms with Gasteiger partial charge >= 0.3 is 0 Å². The zero-order chi connectivity index (χ0) is 14.5. The maximum atomic E-state index is 9.03. The molecule has 3 aliphatic rings. The first kappa shape index (κ1) is 14.2. The summed E-state index contributed by atoms with van der Waals surface area (Å²) in [6, 6.07) is 1.89. The lowest BCUT2D eigenvalue weighted by Gasteiger charge is -2.35. The van der Waals surface area contributed by atoms with Gasteiger partial charge in [0.1, 0.15) is 6.07 Å². The number of nitriles is 1. The van der Waals surface area contributed by atoms with Crippen LogP contribution in [0.1, 0.15) is 52.9 Å². The Hall–Kier alpha value is -0.750. The van der Waals surface area contributed by atoms with E-state index in [2.05, 4.69) is 0 Å². The number of ether oxygens (including phenoxy) is 2. The van der Waals surface area contributed by atoms with Crippen molar-refractivity contribution in [1.82, 2.24) is 0 Å². The average molecular weight is 285 g/mol. The van der Waals surface area contributed by atoms with Crippen molar-refractivity contribution in [2.45, 2.75) is 76.0 Å². The highest BCUT2D eigenvalue weighted by Gasteiger charge is 2.67. The minimum Gasteiger partial charge on any atom is -0.308 e. The zero-order valence-corrected chi connectivity index (χ0v) is 11.9. The van der Waals surface area contributed by atoms with Crippen LogP contribution in [0.15, 0.2) is 0 Å². The molecule has 2 saturated heterocycles. The van der Waals surface area contributed by atoms with Crippen LogP contribution in [0.2, 0.25) is 0 Å². The first-order valence-corrected chi connectivity index (χ1v) is 6.90. The smallest absolute Gasteiger partial charge is 0.289 e. The Labute approximate surface area is 117 Å². The van der Waals surface area contributed by atoms with E-state index < -0.39 is 23.1 Å². The van der Waals surface area contributed by atoms with E-state index in [4.69, 9.17) is 34.3 Å². The van der Waals surface area contributed by atoms with Gasteiger partial charge in [0.05, 0.1) is 0 Å². The van der Waals surface area contributed by atoms with E-state index in [0.717, 1.165) is 32.1 Å². The van der Waals surface area contributed by atoms with E-state index in [-0.39, 0.29) is 0 Å². The molecule has 7 heteroatoms. The summed E-state index contributed by atoms with van der Waals surface area (Å²) < 4.78 is 11.6. The minimum absolute atomic E-state index is 0.756. The van der Waals surface area contributed by atoms with Crippen molar-refractivity contribution in [3.63, 3.8) is 0 Å². The highest BCUT2D eigenvalue weighted by molar-refractivity contribution is 4.98. The van der Waals surface area contributed by atoms with Crippen molar-refractivity contribution in [3.8, 4) is 6.07 Å². The monoisotopic (exact) mass is 285 g/mol. The number of nitrogens with zero attached hydrogens (tertiary/aromatic N) is 1. The molecule has 112 valence electrons. The SMILES string of the molecule is CC1(C#N)OOC(C)(C2(C)OOC3(CCCCC3)O2)O1. The molecule has 3 unspecified atom stereocenters. The van der Waals surface area contributed by atoms with Gasteiger partial charge in [0.15, 0.2) is 0 Å². The zero-order valence-electron chi connectivity index (χ0n) is 11.9. The van der Waals surface area contributed by atoms with Gasteiger partial charge in [0, 0.05) is 19.8 Å². The molecule has 2 aliphatic heterocycles. The summed E-state index contributed by atoms with van der Waals surface area (Å²) in [5, 5.41) is 9.03. The lowest BCUT2D eigenvalue weighted by atomic mass is 9.94. The highest BCUT2D eigenvalue weighted by Crippen LogP contribution is 2.50. The van der Waals surface area contributed by atoms with E-state index in [9.17, 15) is 0 Å². The quantitative estimate of drug-likeness (QED) is 0.684. The molecular formula is C13H19NO6. The van der Waals surface area contributed by atoms with Crippen LogP contribution in [-0.2, 0) is 29.0 Å². The van der Waals surface area contributed by atoms with Gasteiger partial charge in [-0.25, -0.2) is 0 Å². The molecule has 0 N–H and O–H groups in total. The van der Waals surface area contributed by atoms with Gasteiger partial charge < -0.3 is 4.74 Å². The summed E-state index contributed by atoms with van der Waals surface area (Å²) in [6.45, 7) is 4.72. The van der Waals surface area contributed by atoms with Crippen molar-refractivity contribution in [2.75, 3.05) is 0 Å². The predicted octanol–water partition coefficient (Wildman–Crippen LogP) is 2.28. The van der Waals surface area contributed by atoms with Gasteiger partial charge in [-0.1, -0.05) is 6.42 Å². The Kier molecular flexibility index (Phi) is 3.10. The molecule has 0 bridgehead atoms. The van der Waals surface area contributed by atoms with E-state index >= 15 is 0 Å². The number of rotatable bonds is 1. The van der Waals surface area contributed by atoms with E-state index in [1.165, 1.54) is 6.92 Å². The van der Waals surface area contributed by atoms with Crippen LogP contribution in [0.4, 0.5) is 0 Å². The third-order valence-corrected chi connectivity index (χ3v) is 4.13. The number of hydrogen-bond donors (Lipinski definition) is 0. The van der Waals surface area contributed by atoms with Gasteiger partial charge in [-0.15, -0.1) is 0 Å². The van der Waals surface area contributed by atoms with Crippen LogP contribution in [0, 0.1) is 11.3 Å². The Morgan fingerprint density at radius 2 is 1.40 bits per heavy atom. The molecule has 1 saturated carbocycles. The summed E-state index contributed by atoms with van der Waals surface area (Å²) in [5.41, 5.74) is 0. The maximum absolute atomic E-state index is 9.03. The standard InChI is InChI=1S/C13H19NO6/c1-10(9-14)15-11(2,18-17-10)12(3)16-13(20-19-12)7-5-4-6-8-13/h4-8H2,1-3H3. The summed E-state index contributed by atoms with van der Waals surface area (Å²) in [6.07, 6.45) is 4.71. The van der Waals surface area contributed by atoms with Crippen LogP contribution in [0.5, 0.6) is 0 Å². The van der Waals surface area contributed by atoms with Gasteiger partial charge in [0.25, 0.3) is 17.4 Å². The highest BCUT2D eigenvalue weighted by atomic mass is 17.3. The normalized spacial score (nSPS) is 47.5. The van der Waals surface area contributed by atoms with Crippen molar-refractivity contribution in [3.05, 3.63) is 0 Å². The molecular weight excluding hydrogens is 266 g/mol. The molecule has 1 spiro atoms. The molecule has 3 fully saturated rings. The molecule has 0 radical (unpaired) electrons. The van der Waals surface area contributed by atoms with Crippen molar-refractivity contribution in [1.29, 1.82) is 5.26 Å². The maximum Gasteiger partial charge on any atom is 0.289 e. The van der Waals surface area contributed by atoms with Crippen LogP contribution in [0.3, 0.4) is 0 Å². The van der Waals surface area contributed by atoms with Crippen molar-refractivity contribution < 1.29 is 29.0 Å². The van der Waals surface area contributed by atoms with Crippen molar-refractivity contribution >= 4 is 0 Å². The fraction of sp³-hybridized carbons (Fsp3) is 0.923. The third kappa shape index (κ3) is 2.04. The summed E-state index contributed by atoms with van der Waals surface area (Å²) in [4.78, 5) is 21.0. The Bertz CT molecular complexity index is 445. The molecule has 0 aromatic carbocycles. The van der Waals surface area contributed by atoms with Crippen LogP contribution < -0.4 is 0 Å². The number of hydrogen-bond acceptors (Lipinski definition) is 7. The lowest BCUT2D eigenvalue weighted by molar-refractivity contribution is -0.436. The fourth-order valence-corrected chi connectivity index (χ4v) is 2.76. The molecule has 0 aromatic rings. The third-order valence-electron chi connectivity index (χ3n) is 4.13. The largest absolute Gasteiger partial charge is 0.308 e. The first-order chi connectivity index (χ1) is 9.35. The van der Waals surface area contributed by atoms with Gasteiger partial charge in [0.2, 0.25) is 5.79 Å². The molecule has 2 heterocycles. The Balaban J connectivity index is 1.79. The predicted molar refractivity (Wildman–Crippen MR) is 63.2 cm³/mol. The van der Waals surface area contributed by atoms with Gasteiger partial charge in [-0.05, 0) is 26.7 Å². The fourth-order valence-electron chi connectivity index (χ4n) is 2.76. The topological polar surface area (TPSA) is 79.2 Å². The average Bonchev–Trinajstić information content (AvgIpc) is 2.93.